The van der Waals surface area contributed by atoms with Crippen LogP contribution >= 0.6 is 11.3 Å². The maximum absolute atomic E-state index is 13.4. The van der Waals surface area contributed by atoms with E-state index in [-0.39, 0.29) is 29.3 Å². The van der Waals surface area contributed by atoms with Crippen molar-refractivity contribution in [1.29, 1.82) is 0 Å². The van der Waals surface area contributed by atoms with Gasteiger partial charge in [-0.3, -0.25) is 9.59 Å². The Balaban J connectivity index is 1.63. The molecule has 0 saturated carbocycles. The van der Waals surface area contributed by atoms with Gasteiger partial charge >= 0.3 is 0 Å². The van der Waals surface area contributed by atoms with Crippen LogP contribution in [0.1, 0.15) is 58.7 Å². The Hall–Kier alpha value is -2.25. The van der Waals surface area contributed by atoms with Crippen molar-refractivity contribution in [1.82, 2.24) is 20.5 Å². The van der Waals surface area contributed by atoms with Crippen LogP contribution in [0.2, 0.25) is 0 Å². The Kier molecular flexibility index (Phi) is 7.72. The molecule has 2 atom stereocenters. The number of rotatable bonds is 7. The number of aryl methyl sites for hydroxylation is 1. The van der Waals surface area contributed by atoms with Crippen LogP contribution in [0.25, 0.3) is 10.4 Å². The summed E-state index contributed by atoms with van der Waals surface area (Å²) in [5.41, 5.74) is 4.83. The Bertz CT molecular complexity index is 930. The third-order valence-corrected chi connectivity index (χ3v) is 6.86. The first-order valence-corrected chi connectivity index (χ1v) is 12.3. The molecule has 1 aromatic carbocycles. The lowest BCUT2D eigenvalue weighted by Crippen LogP contribution is -2.57. The molecule has 2 heterocycles. The highest BCUT2D eigenvalue weighted by Gasteiger charge is 2.41. The summed E-state index contributed by atoms with van der Waals surface area (Å²) in [6, 6.07) is 7.68. The van der Waals surface area contributed by atoms with Crippen LogP contribution in [0, 0.1) is 12.3 Å². The molecule has 1 aliphatic heterocycles. The highest BCUT2D eigenvalue weighted by Crippen LogP contribution is 2.28. The second-order valence-electron chi connectivity index (χ2n) is 9.99. The molecule has 3 rings (SSSR count). The van der Waals surface area contributed by atoms with Crippen molar-refractivity contribution in [3.05, 3.63) is 41.0 Å². The molecule has 1 aromatic heterocycles. The van der Waals surface area contributed by atoms with Crippen molar-refractivity contribution in [2.75, 3.05) is 6.54 Å². The number of amides is 2. The van der Waals surface area contributed by atoms with Gasteiger partial charge in [0.05, 0.1) is 22.1 Å². The van der Waals surface area contributed by atoms with E-state index < -0.39 is 6.04 Å². The standard InChI is InChI=1S/C25H36N4O2S/c1-16(2)28-22(25(4,5)6)24(31)29-13-7-8-20(29)23(30)26-14-18-9-11-19(12-10-18)21-17(3)27-15-32-21/h9-12,15-16,20,22,28H,7-8,13-14H2,1-6H3,(H,26,30)/t20?,22-/m1/s1. The van der Waals surface area contributed by atoms with Gasteiger partial charge in [-0.1, -0.05) is 58.9 Å². The van der Waals surface area contributed by atoms with E-state index in [1.807, 2.05) is 38.4 Å². The fraction of sp³-hybridized carbons (Fsp3) is 0.560. The van der Waals surface area contributed by atoms with E-state index in [0.29, 0.717) is 19.5 Å². The maximum Gasteiger partial charge on any atom is 0.243 e. The molecule has 0 bridgehead atoms. The highest BCUT2D eigenvalue weighted by molar-refractivity contribution is 7.13. The number of hydrogen-bond donors (Lipinski definition) is 2. The average Bonchev–Trinajstić information content (AvgIpc) is 3.38. The molecular formula is C25H36N4O2S. The average molecular weight is 457 g/mol. The summed E-state index contributed by atoms with van der Waals surface area (Å²) in [6.45, 7) is 13.4. The van der Waals surface area contributed by atoms with E-state index in [2.05, 4.69) is 48.5 Å². The summed E-state index contributed by atoms with van der Waals surface area (Å²) < 4.78 is 0. The van der Waals surface area contributed by atoms with Gasteiger partial charge in [-0.2, -0.15) is 0 Å². The number of benzene rings is 1. The van der Waals surface area contributed by atoms with Crippen molar-refractivity contribution < 1.29 is 9.59 Å². The normalized spacial score (nSPS) is 17.6. The Morgan fingerprint density at radius 2 is 1.91 bits per heavy atom. The van der Waals surface area contributed by atoms with Gasteiger partial charge in [0.25, 0.3) is 0 Å². The second kappa shape index (κ2) is 10.1. The van der Waals surface area contributed by atoms with Crippen LogP contribution in [0.4, 0.5) is 0 Å². The molecule has 6 nitrogen and oxygen atoms in total. The van der Waals surface area contributed by atoms with Gasteiger partial charge in [0, 0.05) is 19.1 Å². The van der Waals surface area contributed by atoms with Crippen molar-refractivity contribution in [3.63, 3.8) is 0 Å². The first-order chi connectivity index (χ1) is 15.1. The fourth-order valence-electron chi connectivity index (χ4n) is 4.15. The van der Waals surface area contributed by atoms with Gasteiger partial charge in [0.1, 0.15) is 6.04 Å². The molecule has 1 aliphatic rings. The first kappa shape index (κ1) is 24.4. The third-order valence-electron chi connectivity index (χ3n) is 5.88. The van der Waals surface area contributed by atoms with Crippen molar-refractivity contribution >= 4 is 23.2 Å². The molecule has 2 amide bonds. The lowest BCUT2D eigenvalue weighted by Gasteiger charge is -2.36. The highest BCUT2D eigenvalue weighted by atomic mass is 32.1. The number of aromatic nitrogens is 1. The fourth-order valence-corrected chi connectivity index (χ4v) is 4.97. The van der Waals surface area contributed by atoms with Crippen molar-refractivity contribution in [3.8, 4) is 10.4 Å². The zero-order valence-electron chi connectivity index (χ0n) is 20.1. The number of carbonyl (C=O) groups excluding carboxylic acids is 2. The van der Waals surface area contributed by atoms with Crippen LogP contribution in [0.15, 0.2) is 29.8 Å². The molecule has 32 heavy (non-hydrogen) atoms. The minimum Gasteiger partial charge on any atom is -0.350 e. The van der Waals surface area contributed by atoms with Gasteiger partial charge in [0.2, 0.25) is 11.8 Å². The lowest BCUT2D eigenvalue weighted by molar-refractivity contribution is -0.142. The summed E-state index contributed by atoms with van der Waals surface area (Å²) in [5, 5.41) is 6.45. The molecule has 0 radical (unpaired) electrons. The molecule has 1 unspecified atom stereocenters. The predicted molar refractivity (Wildman–Crippen MR) is 130 cm³/mol. The predicted octanol–water partition coefficient (Wildman–Crippen LogP) is 4.14. The quantitative estimate of drug-likeness (QED) is 0.657. The monoisotopic (exact) mass is 456 g/mol. The van der Waals surface area contributed by atoms with Gasteiger partial charge in [-0.25, -0.2) is 4.98 Å². The molecular weight excluding hydrogens is 420 g/mol. The molecule has 2 aromatic rings. The minimum atomic E-state index is -0.402. The van der Waals surface area contributed by atoms with Gasteiger partial charge in [-0.15, -0.1) is 11.3 Å². The summed E-state index contributed by atoms with van der Waals surface area (Å²) in [4.78, 5) is 33.6. The van der Waals surface area contributed by atoms with E-state index in [4.69, 9.17) is 0 Å². The van der Waals surface area contributed by atoms with Crippen LogP contribution in [0.5, 0.6) is 0 Å². The molecule has 2 N–H and O–H groups in total. The number of thiazole rings is 1. The Morgan fingerprint density at radius 1 is 1.22 bits per heavy atom. The van der Waals surface area contributed by atoms with Gasteiger partial charge < -0.3 is 15.5 Å². The Morgan fingerprint density at radius 3 is 2.47 bits per heavy atom. The molecule has 174 valence electrons. The van der Waals surface area contributed by atoms with E-state index in [0.717, 1.165) is 23.2 Å². The zero-order chi connectivity index (χ0) is 23.5. The molecule has 0 spiro atoms. The molecule has 7 heteroatoms. The van der Waals surface area contributed by atoms with E-state index in [9.17, 15) is 9.59 Å². The van der Waals surface area contributed by atoms with Crippen LogP contribution in [0.3, 0.4) is 0 Å². The number of hydrogen-bond acceptors (Lipinski definition) is 5. The Labute approximate surface area is 195 Å². The van der Waals surface area contributed by atoms with Crippen molar-refractivity contribution in [2.24, 2.45) is 5.41 Å². The summed E-state index contributed by atoms with van der Waals surface area (Å²) in [6.07, 6.45) is 1.56. The SMILES string of the molecule is Cc1ncsc1-c1ccc(CNC(=O)C2CCCN2C(=O)[C@@H](NC(C)C)C(C)(C)C)cc1. The number of nitrogens with zero attached hydrogens (tertiary/aromatic N) is 2. The van der Waals surface area contributed by atoms with Crippen LogP contribution in [-0.2, 0) is 16.1 Å². The van der Waals surface area contributed by atoms with Gasteiger partial charge in [-0.05, 0) is 36.3 Å². The van der Waals surface area contributed by atoms with Crippen LogP contribution < -0.4 is 10.6 Å². The summed E-state index contributed by atoms with van der Waals surface area (Å²) in [7, 11) is 0. The number of nitrogens with one attached hydrogen (secondary N) is 2. The molecule has 0 aliphatic carbocycles. The second-order valence-corrected chi connectivity index (χ2v) is 10.8. The lowest BCUT2D eigenvalue weighted by atomic mass is 9.85. The zero-order valence-corrected chi connectivity index (χ0v) is 20.9. The largest absolute Gasteiger partial charge is 0.350 e. The van der Waals surface area contributed by atoms with Crippen molar-refractivity contribution in [2.45, 2.75) is 79.1 Å². The number of likely N-dealkylation sites (tertiary alicyclic amines) is 1. The maximum atomic E-state index is 13.4. The first-order valence-electron chi connectivity index (χ1n) is 11.4. The minimum absolute atomic E-state index is 0.0214. The van der Waals surface area contributed by atoms with E-state index in [1.165, 1.54) is 4.88 Å². The molecule has 1 saturated heterocycles. The topological polar surface area (TPSA) is 74.3 Å². The molecule has 1 fully saturated rings. The third kappa shape index (κ3) is 5.75. The number of carbonyl (C=O) groups is 2. The van der Waals surface area contributed by atoms with E-state index in [1.54, 1.807) is 16.2 Å². The van der Waals surface area contributed by atoms with E-state index >= 15 is 0 Å². The summed E-state index contributed by atoms with van der Waals surface area (Å²) in [5.74, 6) is -0.0523. The smallest absolute Gasteiger partial charge is 0.243 e. The van der Waals surface area contributed by atoms with Crippen LogP contribution in [-0.4, -0.2) is 46.4 Å². The van der Waals surface area contributed by atoms with Gasteiger partial charge in [0.15, 0.2) is 0 Å². The summed E-state index contributed by atoms with van der Waals surface area (Å²) >= 11 is 1.63.